The van der Waals surface area contributed by atoms with Crippen LogP contribution in [0.4, 0.5) is 5.82 Å². The third-order valence-corrected chi connectivity index (χ3v) is 3.05. The summed E-state index contributed by atoms with van der Waals surface area (Å²) in [4.78, 5) is 21.5. The number of hydrogen-bond donors (Lipinski definition) is 1. The maximum absolute atomic E-state index is 11.7. The van der Waals surface area contributed by atoms with Gasteiger partial charge in [0.25, 0.3) is 0 Å². The van der Waals surface area contributed by atoms with Gasteiger partial charge in [0, 0.05) is 11.0 Å². The number of carbonyl (C=O) groups excluding carboxylic acids is 1. The van der Waals surface area contributed by atoms with Crippen molar-refractivity contribution in [2.45, 2.75) is 13.1 Å². The van der Waals surface area contributed by atoms with Crippen LogP contribution in [0.15, 0.2) is 41.0 Å². The SMILES string of the molecule is O=C(Cn1ccc([N+](=O)[O-])n1)NCc1ccc(Br)cc1. The molecule has 1 aromatic heterocycles. The van der Waals surface area contributed by atoms with Gasteiger partial charge in [-0.25, -0.2) is 0 Å². The molecule has 0 saturated heterocycles. The van der Waals surface area contributed by atoms with Crippen molar-refractivity contribution in [3.05, 3.63) is 56.7 Å². The number of amides is 1. The molecule has 1 heterocycles. The molecule has 1 amide bonds. The average Bonchev–Trinajstić information content (AvgIpc) is 2.87. The van der Waals surface area contributed by atoms with E-state index in [0.29, 0.717) is 6.54 Å². The summed E-state index contributed by atoms with van der Waals surface area (Å²) < 4.78 is 2.20. The molecule has 8 heteroatoms. The number of nitrogens with one attached hydrogen (secondary N) is 1. The fraction of sp³-hybridized carbons (Fsp3) is 0.167. The summed E-state index contributed by atoms with van der Waals surface area (Å²) in [7, 11) is 0. The van der Waals surface area contributed by atoms with E-state index in [1.54, 1.807) is 0 Å². The lowest BCUT2D eigenvalue weighted by molar-refractivity contribution is -0.389. The number of hydrogen-bond acceptors (Lipinski definition) is 4. The molecule has 20 heavy (non-hydrogen) atoms. The molecule has 0 aliphatic heterocycles. The molecular formula is C12H11BrN4O3. The van der Waals surface area contributed by atoms with Gasteiger partial charge in [-0.15, -0.1) is 0 Å². The van der Waals surface area contributed by atoms with E-state index >= 15 is 0 Å². The molecule has 0 aliphatic carbocycles. The van der Waals surface area contributed by atoms with Crippen molar-refractivity contribution in [2.24, 2.45) is 0 Å². The summed E-state index contributed by atoms with van der Waals surface area (Å²) in [6.45, 7) is 0.347. The van der Waals surface area contributed by atoms with Crippen LogP contribution in [-0.4, -0.2) is 20.6 Å². The van der Waals surface area contributed by atoms with E-state index in [9.17, 15) is 14.9 Å². The molecule has 0 atom stereocenters. The lowest BCUT2D eigenvalue weighted by Crippen LogP contribution is -2.27. The molecule has 0 unspecified atom stereocenters. The normalized spacial score (nSPS) is 10.2. The first-order valence-electron chi connectivity index (χ1n) is 5.73. The van der Waals surface area contributed by atoms with Crippen LogP contribution in [0.25, 0.3) is 0 Å². The van der Waals surface area contributed by atoms with Crippen LogP contribution in [0, 0.1) is 10.1 Å². The fourth-order valence-electron chi connectivity index (χ4n) is 1.54. The van der Waals surface area contributed by atoms with Gasteiger partial charge in [-0.05, 0) is 22.6 Å². The maximum Gasteiger partial charge on any atom is 0.389 e. The monoisotopic (exact) mass is 338 g/mol. The summed E-state index contributed by atoms with van der Waals surface area (Å²) in [5.41, 5.74) is 0.966. The van der Waals surface area contributed by atoms with Crippen molar-refractivity contribution in [1.82, 2.24) is 15.1 Å². The van der Waals surface area contributed by atoms with Gasteiger partial charge < -0.3 is 15.4 Å². The van der Waals surface area contributed by atoms with Crippen LogP contribution in [0.2, 0.25) is 0 Å². The number of carbonyl (C=O) groups is 1. The first-order valence-corrected chi connectivity index (χ1v) is 6.53. The van der Waals surface area contributed by atoms with Crippen LogP contribution >= 0.6 is 15.9 Å². The van der Waals surface area contributed by atoms with E-state index in [1.807, 2.05) is 24.3 Å². The summed E-state index contributed by atoms with van der Waals surface area (Å²) in [5.74, 6) is -0.531. The first-order chi connectivity index (χ1) is 9.54. The molecule has 1 N–H and O–H groups in total. The molecule has 0 fully saturated rings. The van der Waals surface area contributed by atoms with Crippen molar-refractivity contribution < 1.29 is 9.72 Å². The van der Waals surface area contributed by atoms with Crippen molar-refractivity contribution in [3.63, 3.8) is 0 Å². The Hall–Kier alpha value is -2.22. The lowest BCUT2D eigenvalue weighted by Gasteiger charge is -2.04. The van der Waals surface area contributed by atoms with E-state index in [0.717, 1.165) is 10.0 Å². The second-order valence-corrected chi connectivity index (χ2v) is 4.95. The number of aromatic nitrogens is 2. The molecular weight excluding hydrogens is 328 g/mol. The van der Waals surface area contributed by atoms with Crippen molar-refractivity contribution in [1.29, 1.82) is 0 Å². The second kappa shape index (κ2) is 6.29. The number of halogens is 1. The Bertz CT molecular complexity index is 624. The van der Waals surface area contributed by atoms with Gasteiger partial charge in [0.2, 0.25) is 5.91 Å². The number of nitro groups is 1. The van der Waals surface area contributed by atoms with Gasteiger partial charge in [0.1, 0.15) is 6.54 Å². The molecule has 0 spiro atoms. The third kappa shape index (κ3) is 3.89. The minimum atomic E-state index is -0.601. The van der Waals surface area contributed by atoms with Crippen LogP contribution in [0.3, 0.4) is 0 Å². The summed E-state index contributed by atoms with van der Waals surface area (Å²) in [6.07, 6.45) is 1.40. The van der Waals surface area contributed by atoms with Gasteiger partial charge in [-0.2, -0.15) is 4.68 Å². The van der Waals surface area contributed by atoms with E-state index in [-0.39, 0.29) is 18.3 Å². The highest BCUT2D eigenvalue weighted by Crippen LogP contribution is 2.10. The van der Waals surface area contributed by atoms with Crippen LogP contribution < -0.4 is 5.32 Å². The Morgan fingerprint density at radius 2 is 2.05 bits per heavy atom. The summed E-state index contributed by atoms with van der Waals surface area (Å²) >= 11 is 3.33. The van der Waals surface area contributed by atoms with Crippen molar-refractivity contribution in [2.75, 3.05) is 0 Å². The zero-order valence-corrected chi connectivity index (χ0v) is 11.9. The standard InChI is InChI=1S/C12H11BrN4O3/c13-10-3-1-9(2-4-10)7-14-12(18)8-16-6-5-11(15-16)17(19)20/h1-6H,7-8H2,(H,14,18). The minimum absolute atomic E-state index is 0.0512. The Kier molecular flexibility index (Phi) is 4.46. The number of nitrogens with zero attached hydrogens (tertiary/aromatic N) is 3. The maximum atomic E-state index is 11.7. The van der Waals surface area contributed by atoms with Crippen molar-refractivity contribution in [3.8, 4) is 0 Å². The second-order valence-electron chi connectivity index (χ2n) is 4.03. The predicted octanol–water partition coefficient (Wildman–Crippen LogP) is 1.87. The Balaban J connectivity index is 1.85. The molecule has 0 radical (unpaired) electrons. The highest BCUT2D eigenvalue weighted by atomic mass is 79.9. The summed E-state index contributed by atoms with van der Waals surface area (Å²) in [6, 6.07) is 8.81. The molecule has 2 rings (SSSR count). The van der Waals surface area contributed by atoms with Gasteiger partial charge in [0.15, 0.2) is 0 Å². The highest BCUT2D eigenvalue weighted by Gasteiger charge is 2.13. The van der Waals surface area contributed by atoms with Crippen molar-refractivity contribution >= 4 is 27.7 Å². The van der Waals surface area contributed by atoms with E-state index in [2.05, 4.69) is 26.3 Å². The molecule has 1 aromatic carbocycles. The quantitative estimate of drug-likeness (QED) is 0.665. The topological polar surface area (TPSA) is 90.1 Å². The molecule has 7 nitrogen and oxygen atoms in total. The van der Waals surface area contributed by atoms with E-state index in [1.165, 1.54) is 16.9 Å². The molecule has 0 bridgehead atoms. The molecule has 104 valence electrons. The fourth-order valence-corrected chi connectivity index (χ4v) is 1.81. The lowest BCUT2D eigenvalue weighted by atomic mass is 10.2. The van der Waals surface area contributed by atoms with Gasteiger partial charge >= 0.3 is 5.82 Å². The number of benzene rings is 1. The van der Waals surface area contributed by atoms with E-state index in [4.69, 9.17) is 0 Å². The first kappa shape index (κ1) is 14.2. The van der Waals surface area contributed by atoms with Gasteiger partial charge in [-0.3, -0.25) is 4.79 Å². The zero-order valence-electron chi connectivity index (χ0n) is 10.3. The number of rotatable bonds is 5. The average molecular weight is 339 g/mol. The molecule has 2 aromatic rings. The minimum Gasteiger partial charge on any atom is -0.358 e. The predicted molar refractivity (Wildman–Crippen MR) is 74.9 cm³/mol. The Labute approximate surface area is 122 Å². The van der Waals surface area contributed by atoms with Gasteiger partial charge in [0.05, 0.1) is 17.4 Å². The third-order valence-electron chi connectivity index (χ3n) is 2.52. The van der Waals surface area contributed by atoms with Gasteiger partial charge in [-0.1, -0.05) is 28.1 Å². The highest BCUT2D eigenvalue weighted by molar-refractivity contribution is 9.10. The van der Waals surface area contributed by atoms with Crippen LogP contribution in [-0.2, 0) is 17.9 Å². The summed E-state index contributed by atoms with van der Waals surface area (Å²) in [5, 5.41) is 16.9. The van der Waals surface area contributed by atoms with Crippen LogP contribution in [0.1, 0.15) is 5.56 Å². The molecule has 0 aliphatic rings. The smallest absolute Gasteiger partial charge is 0.358 e. The molecule has 0 saturated carbocycles. The largest absolute Gasteiger partial charge is 0.389 e. The Morgan fingerprint density at radius 1 is 1.35 bits per heavy atom. The zero-order chi connectivity index (χ0) is 14.5. The Morgan fingerprint density at radius 3 is 2.65 bits per heavy atom. The van der Waals surface area contributed by atoms with Crippen LogP contribution in [0.5, 0.6) is 0 Å². The van der Waals surface area contributed by atoms with E-state index < -0.39 is 4.92 Å².